The van der Waals surface area contributed by atoms with E-state index in [2.05, 4.69) is 20.2 Å². The Morgan fingerprint density at radius 3 is 2.84 bits per heavy atom. The van der Waals surface area contributed by atoms with Gasteiger partial charge in [0.1, 0.15) is 5.82 Å². The fourth-order valence-electron chi connectivity index (χ4n) is 3.84. The van der Waals surface area contributed by atoms with Gasteiger partial charge in [-0.1, -0.05) is 0 Å². The Kier molecular flexibility index (Phi) is 4.40. The molecule has 1 aliphatic heterocycles. The molecule has 0 radical (unpaired) electrons. The van der Waals surface area contributed by atoms with E-state index >= 15 is 0 Å². The van der Waals surface area contributed by atoms with Crippen LogP contribution < -0.4 is 10.2 Å². The van der Waals surface area contributed by atoms with E-state index in [0.717, 1.165) is 31.7 Å². The number of aliphatic hydroxyl groups is 1. The zero-order valence-electron chi connectivity index (χ0n) is 14.1. The molecule has 7 heteroatoms. The number of nitrogens with one attached hydrogen (secondary N) is 1. The van der Waals surface area contributed by atoms with Crippen LogP contribution in [0.25, 0.3) is 0 Å². The molecule has 7 nitrogen and oxygen atoms in total. The van der Waals surface area contributed by atoms with E-state index in [0.29, 0.717) is 5.56 Å². The highest BCUT2D eigenvalue weighted by atomic mass is 16.3. The molecular weight excluding hydrogens is 318 g/mol. The standard InChI is InChI=1S/C18H23N5O2/c24-17-14(3-4-15(17)23-10-7-19-12-23)21-18(25)13-5-6-20-16(11-13)22-8-1-2-9-22/h5-7,10-12,14-15,17,24H,1-4,8-9H2,(H,21,25)/t14-,15-,17-/m1/s1. The van der Waals surface area contributed by atoms with Crippen molar-refractivity contribution in [3.05, 3.63) is 42.6 Å². The van der Waals surface area contributed by atoms with Crippen LogP contribution in [0.15, 0.2) is 37.1 Å². The SMILES string of the molecule is O=C(N[C@@H]1CC[C@@H](n2ccnc2)[C@@H]1O)c1ccnc(N2CCCC2)c1. The summed E-state index contributed by atoms with van der Waals surface area (Å²) >= 11 is 0. The third-order valence-electron chi connectivity index (χ3n) is 5.24. The smallest absolute Gasteiger partial charge is 0.251 e. The van der Waals surface area contributed by atoms with Crippen molar-refractivity contribution >= 4 is 11.7 Å². The van der Waals surface area contributed by atoms with E-state index in [4.69, 9.17) is 0 Å². The van der Waals surface area contributed by atoms with Crippen molar-refractivity contribution in [3.63, 3.8) is 0 Å². The van der Waals surface area contributed by atoms with Crippen LogP contribution in [0.1, 0.15) is 42.1 Å². The zero-order valence-corrected chi connectivity index (χ0v) is 14.1. The van der Waals surface area contributed by atoms with Gasteiger partial charge >= 0.3 is 0 Å². The molecule has 0 aromatic carbocycles. The first kappa shape index (κ1) is 16.1. The van der Waals surface area contributed by atoms with E-state index in [1.54, 1.807) is 24.8 Å². The Hall–Kier alpha value is -2.41. The lowest BCUT2D eigenvalue weighted by Gasteiger charge is -2.22. The van der Waals surface area contributed by atoms with Crippen molar-refractivity contribution in [3.8, 4) is 0 Å². The number of anilines is 1. The van der Waals surface area contributed by atoms with Crippen molar-refractivity contribution in [2.24, 2.45) is 0 Å². The lowest BCUT2D eigenvalue weighted by atomic mass is 10.1. The molecule has 2 aromatic rings. The maximum atomic E-state index is 12.6. The molecule has 1 saturated carbocycles. The second-order valence-corrected chi connectivity index (χ2v) is 6.82. The van der Waals surface area contributed by atoms with Crippen molar-refractivity contribution < 1.29 is 9.90 Å². The largest absolute Gasteiger partial charge is 0.389 e. The molecule has 2 aliphatic rings. The molecule has 2 aromatic heterocycles. The highest BCUT2D eigenvalue weighted by Gasteiger charge is 2.36. The van der Waals surface area contributed by atoms with Gasteiger partial charge in [-0.05, 0) is 37.8 Å². The second-order valence-electron chi connectivity index (χ2n) is 6.82. The summed E-state index contributed by atoms with van der Waals surface area (Å²) in [7, 11) is 0. The molecule has 0 unspecified atom stereocenters. The van der Waals surface area contributed by atoms with Crippen LogP contribution in [0, 0.1) is 0 Å². The molecule has 0 bridgehead atoms. The normalized spacial score (nSPS) is 26.1. The molecule has 1 saturated heterocycles. The summed E-state index contributed by atoms with van der Waals surface area (Å²) in [6.45, 7) is 1.98. The molecule has 132 valence electrons. The predicted molar refractivity (Wildman–Crippen MR) is 93.4 cm³/mol. The first-order valence-corrected chi connectivity index (χ1v) is 8.90. The molecule has 4 rings (SSSR count). The molecule has 1 amide bonds. The van der Waals surface area contributed by atoms with Crippen LogP contribution in [-0.2, 0) is 0 Å². The number of imidazole rings is 1. The maximum Gasteiger partial charge on any atom is 0.251 e. The summed E-state index contributed by atoms with van der Waals surface area (Å²) in [6.07, 6.45) is 10.2. The highest BCUT2D eigenvalue weighted by molar-refractivity contribution is 5.95. The number of aliphatic hydroxyl groups excluding tert-OH is 1. The Labute approximate surface area is 146 Å². The molecule has 1 aliphatic carbocycles. The first-order chi connectivity index (χ1) is 12.2. The van der Waals surface area contributed by atoms with E-state index in [9.17, 15) is 9.90 Å². The van der Waals surface area contributed by atoms with Gasteiger partial charge in [0.2, 0.25) is 0 Å². The molecule has 25 heavy (non-hydrogen) atoms. The van der Waals surface area contributed by atoms with Crippen molar-refractivity contribution in [1.82, 2.24) is 19.9 Å². The van der Waals surface area contributed by atoms with Gasteiger partial charge < -0.3 is 19.9 Å². The third-order valence-corrected chi connectivity index (χ3v) is 5.24. The second kappa shape index (κ2) is 6.84. The summed E-state index contributed by atoms with van der Waals surface area (Å²) in [5.74, 6) is 0.701. The molecule has 2 N–H and O–H groups in total. The molecular formula is C18H23N5O2. The number of carbonyl (C=O) groups excluding carboxylic acids is 1. The minimum Gasteiger partial charge on any atom is -0.389 e. The summed E-state index contributed by atoms with van der Waals surface area (Å²) in [5, 5.41) is 13.5. The topological polar surface area (TPSA) is 83.3 Å². The summed E-state index contributed by atoms with van der Waals surface area (Å²) in [5.41, 5.74) is 0.593. The lowest BCUT2D eigenvalue weighted by Crippen LogP contribution is -2.42. The van der Waals surface area contributed by atoms with E-state index in [1.165, 1.54) is 12.8 Å². The molecule has 2 fully saturated rings. The monoisotopic (exact) mass is 341 g/mol. The molecule has 0 spiro atoms. The quantitative estimate of drug-likeness (QED) is 0.878. The third kappa shape index (κ3) is 3.24. The fraction of sp³-hybridized carbons (Fsp3) is 0.500. The Morgan fingerprint density at radius 2 is 2.08 bits per heavy atom. The number of nitrogens with zero attached hydrogens (tertiary/aromatic N) is 4. The van der Waals surface area contributed by atoms with E-state index < -0.39 is 6.10 Å². The van der Waals surface area contributed by atoms with Gasteiger partial charge in [-0.2, -0.15) is 0 Å². The van der Waals surface area contributed by atoms with Crippen LogP contribution >= 0.6 is 0 Å². The minimum atomic E-state index is -0.613. The van der Waals surface area contributed by atoms with Gasteiger partial charge in [0.15, 0.2) is 0 Å². The Morgan fingerprint density at radius 1 is 1.24 bits per heavy atom. The number of carbonyl (C=O) groups is 1. The van der Waals surface area contributed by atoms with Crippen LogP contribution in [0.3, 0.4) is 0 Å². The van der Waals surface area contributed by atoms with Gasteiger partial charge in [-0.3, -0.25) is 4.79 Å². The van der Waals surface area contributed by atoms with Crippen LogP contribution in [0.2, 0.25) is 0 Å². The van der Waals surface area contributed by atoms with Gasteiger partial charge in [0.25, 0.3) is 5.91 Å². The van der Waals surface area contributed by atoms with Crippen molar-refractivity contribution in [2.75, 3.05) is 18.0 Å². The first-order valence-electron chi connectivity index (χ1n) is 8.90. The van der Waals surface area contributed by atoms with Crippen LogP contribution in [-0.4, -0.2) is 50.8 Å². The van der Waals surface area contributed by atoms with Crippen LogP contribution in [0.5, 0.6) is 0 Å². The van der Waals surface area contributed by atoms with E-state index in [1.807, 2.05) is 16.8 Å². The molecule has 3 atom stereocenters. The number of hydrogen-bond acceptors (Lipinski definition) is 5. The van der Waals surface area contributed by atoms with Gasteiger partial charge in [-0.25, -0.2) is 9.97 Å². The van der Waals surface area contributed by atoms with Gasteiger partial charge in [0, 0.05) is 37.2 Å². The zero-order chi connectivity index (χ0) is 17.2. The summed E-state index contributed by atoms with van der Waals surface area (Å²) in [6, 6.07) is 3.28. The van der Waals surface area contributed by atoms with Crippen molar-refractivity contribution in [2.45, 2.75) is 43.9 Å². The van der Waals surface area contributed by atoms with Crippen LogP contribution in [0.4, 0.5) is 5.82 Å². The lowest BCUT2D eigenvalue weighted by molar-refractivity contribution is 0.0813. The average molecular weight is 341 g/mol. The molecule has 3 heterocycles. The average Bonchev–Trinajstić information content (AvgIpc) is 3.37. The van der Waals surface area contributed by atoms with Gasteiger partial charge in [0.05, 0.1) is 24.5 Å². The summed E-state index contributed by atoms with van der Waals surface area (Å²) < 4.78 is 1.91. The van der Waals surface area contributed by atoms with Gasteiger partial charge in [-0.15, -0.1) is 0 Å². The number of amides is 1. The maximum absolute atomic E-state index is 12.6. The Bertz CT molecular complexity index is 727. The highest BCUT2D eigenvalue weighted by Crippen LogP contribution is 2.30. The number of aromatic nitrogens is 3. The van der Waals surface area contributed by atoms with Crippen molar-refractivity contribution in [1.29, 1.82) is 0 Å². The summed E-state index contributed by atoms with van der Waals surface area (Å²) in [4.78, 5) is 23.2. The minimum absolute atomic E-state index is 0.0367. The van der Waals surface area contributed by atoms with E-state index in [-0.39, 0.29) is 18.0 Å². The predicted octanol–water partition coefficient (Wildman–Crippen LogP) is 1.37. The Balaban J connectivity index is 1.43. The number of hydrogen-bond donors (Lipinski definition) is 2. The fourth-order valence-corrected chi connectivity index (χ4v) is 3.84. The number of pyridine rings is 1. The number of rotatable bonds is 4.